The van der Waals surface area contributed by atoms with E-state index in [-0.39, 0.29) is 30.7 Å². The van der Waals surface area contributed by atoms with Crippen molar-refractivity contribution in [1.29, 1.82) is 0 Å². The average molecular weight is 344 g/mol. The monoisotopic (exact) mass is 344 g/mol. The fourth-order valence-electron chi connectivity index (χ4n) is 4.22. The van der Waals surface area contributed by atoms with Crippen LogP contribution in [-0.4, -0.2) is 30.7 Å². The Morgan fingerprint density at radius 3 is 2.72 bits per heavy atom. The van der Waals surface area contributed by atoms with Gasteiger partial charge in [0, 0.05) is 12.0 Å². The molecule has 1 saturated carbocycles. The van der Waals surface area contributed by atoms with E-state index in [0.717, 1.165) is 12.8 Å². The second-order valence-corrected chi connectivity index (χ2v) is 7.18. The van der Waals surface area contributed by atoms with E-state index >= 15 is 0 Å². The molecule has 1 aromatic carbocycles. The number of benzene rings is 1. The number of hydrogen-bond donors (Lipinski definition) is 2. The number of fused-ring (bicyclic) bond motifs is 1. The first-order chi connectivity index (χ1) is 12.2. The minimum absolute atomic E-state index is 0.0151. The molecule has 4 rings (SSSR count). The highest BCUT2D eigenvalue weighted by Crippen LogP contribution is 2.33. The van der Waals surface area contributed by atoms with Crippen molar-refractivity contribution >= 4 is 11.8 Å². The number of nitrogens with one attached hydrogen (secondary N) is 2. The second-order valence-electron chi connectivity index (χ2n) is 7.18. The van der Waals surface area contributed by atoms with Crippen LogP contribution < -0.4 is 20.1 Å². The van der Waals surface area contributed by atoms with Crippen molar-refractivity contribution in [3.63, 3.8) is 0 Å². The zero-order valence-corrected chi connectivity index (χ0v) is 14.3. The first-order valence-electron chi connectivity index (χ1n) is 9.20. The molecule has 2 aliphatic heterocycles. The number of carbonyl (C=O) groups is 2. The maximum absolute atomic E-state index is 12.7. The molecule has 2 N–H and O–H groups in total. The molecule has 0 radical (unpaired) electrons. The third kappa shape index (κ3) is 3.43. The fraction of sp³-hybridized carbons (Fsp3) is 0.579. The molecule has 134 valence electrons. The third-order valence-corrected chi connectivity index (χ3v) is 5.55. The summed E-state index contributed by atoms with van der Waals surface area (Å²) >= 11 is 0. The van der Waals surface area contributed by atoms with E-state index in [0.29, 0.717) is 35.8 Å². The molecule has 2 atom stereocenters. The predicted molar refractivity (Wildman–Crippen MR) is 91.6 cm³/mol. The molecule has 1 aliphatic carbocycles. The van der Waals surface area contributed by atoms with Crippen LogP contribution in [0.4, 0.5) is 0 Å². The average Bonchev–Trinajstić information content (AvgIpc) is 3.11. The Labute approximate surface area is 147 Å². The molecule has 0 spiro atoms. The Balaban J connectivity index is 1.47. The van der Waals surface area contributed by atoms with Crippen LogP contribution in [0.25, 0.3) is 0 Å². The quantitative estimate of drug-likeness (QED) is 0.883. The van der Waals surface area contributed by atoms with Crippen LogP contribution in [0.2, 0.25) is 0 Å². The summed E-state index contributed by atoms with van der Waals surface area (Å²) in [7, 11) is 0. The van der Waals surface area contributed by atoms with Gasteiger partial charge in [-0.3, -0.25) is 9.59 Å². The Hall–Kier alpha value is -2.24. The molecule has 1 saturated heterocycles. The molecule has 25 heavy (non-hydrogen) atoms. The fourth-order valence-corrected chi connectivity index (χ4v) is 4.22. The van der Waals surface area contributed by atoms with Gasteiger partial charge in [0.2, 0.25) is 12.7 Å². The van der Waals surface area contributed by atoms with Crippen LogP contribution in [-0.2, 0) is 4.79 Å². The highest BCUT2D eigenvalue weighted by Gasteiger charge is 2.36. The molecule has 2 fully saturated rings. The zero-order valence-electron chi connectivity index (χ0n) is 14.3. The van der Waals surface area contributed by atoms with Gasteiger partial charge < -0.3 is 20.1 Å². The Bertz CT molecular complexity index is 669. The molecular formula is C19H24N2O4. The summed E-state index contributed by atoms with van der Waals surface area (Å²) in [6, 6.07) is 5.26. The summed E-state index contributed by atoms with van der Waals surface area (Å²) in [4.78, 5) is 24.6. The molecule has 0 aromatic heterocycles. The highest BCUT2D eigenvalue weighted by molar-refractivity contribution is 5.95. The SMILES string of the molecule is O=C1CC[C@@H](NC(=O)c2ccc3c(c2)OCO3)[C@H](C2CCCCC2)N1. The standard InChI is InChI=1S/C19H24N2O4/c22-17-9-7-14(18(21-17)12-4-2-1-3-5-12)20-19(23)13-6-8-15-16(10-13)25-11-24-15/h6,8,10,12,14,18H,1-5,7,9,11H2,(H,20,23)(H,21,22)/t14-,18+/m1/s1. The molecule has 6 heteroatoms. The summed E-state index contributed by atoms with van der Waals surface area (Å²) in [5.41, 5.74) is 0.559. The van der Waals surface area contributed by atoms with Crippen LogP contribution in [0.5, 0.6) is 11.5 Å². The molecule has 6 nitrogen and oxygen atoms in total. The van der Waals surface area contributed by atoms with Crippen LogP contribution in [0, 0.1) is 5.92 Å². The zero-order chi connectivity index (χ0) is 17.2. The maximum atomic E-state index is 12.7. The van der Waals surface area contributed by atoms with Gasteiger partial charge in [-0.05, 0) is 43.4 Å². The van der Waals surface area contributed by atoms with Gasteiger partial charge in [-0.15, -0.1) is 0 Å². The van der Waals surface area contributed by atoms with E-state index in [1.807, 2.05) is 0 Å². The Morgan fingerprint density at radius 2 is 1.88 bits per heavy atom. The highest BCUT2D eigenvalue weighted by atomic mass is 16.7. The Kier molecular flexibility index (Phi) is 4.51. The smallest absolute Gasteiger partial charge is 0.251 e. The van der Waals surface area contributed by atoms with E-state index in [4.69, 9.17) is 9.47 Å². The van der Waals surface area contributed by atoms with Gasteiger partial charge in [0.05, 0.1) is 12.1 Å². The van der Waals surface area contributed by atoms with Gasteiger partial charge in [0.25, 0.3) is 5.91 Å². The van der Waals surface area contributed by atoms with Crippen molar-refractivity contribution < 1.29 is 19.1 Å². The minimum atomic E-state index is -0.125. The lowest BCUT2D eigenvalue weighted by Gasteiger charge is -2.39. The minimum Gasteiger partial charge on any atom is -0.454 e. The lowest BCUT2D eigenvalue weighted by atomic mass is 9.78. The van der Waals surface area contributed by atoms with E-state index in [1.165, 1.54) is 19.3 Å². The molecule has 2 amide bonds. The summed E-state index contributed by atoms with van der Waals surface area (Å²) in [6.07, 6.45) is 7.10. The summed E-state index contributed by atoms with van der Waals surface area (Å²) in [5, 5.41) is 6.28. The maximum Gasteiger partial charge on any atom is 0.251 e. The van der Waals surface area contributed by atoms with E-state index in [9.17, 15) is 9.59 Å². The van der Waals surface area contributed by atoms with Gasteiger partial charge in [-0.2, -0.15) is 0 Å². The molecule has 3 aliphatic rings. The van der Waals surface area contributed by atoms with Crippen molar-refractivity contribution in [2.45, 2.75) is 57.0 Å². The van der Waals surface area contributed by atoms with E-state index in [2.05, 4.69) is 10.6 Å². The van der Waals surface area contributed by atoms with Crippen LogP contribution in [0.1, 0.15) is 55.3 Å². The van der Waals surface area contributed by atoms with Crippen molar-refractivity contribution in [3.05, 3.63) is 23.8 Å². The number of hydrogen-bond acceptors (Lipinski definition) is 4. The van der Waals surface area contributed by atoms with Crippen molar-refractivity contribution in [1.82, 2.24) is 10.6 Å². The third-order valence-electron chi connectivity index (χ3n) is 5.55. The van der Waals surface area contributed by atoms with Gasteiger partial charge in [0.1, 0.15) is 0 Å². The number of rotatable bonds is 3. The van der Waals surface area contributed by atoms with E-state index < -0.39 is 0 Å². The number of piperidine rings is 1. The number of ether oxygens (including phenoxy) is 2. The van der Waals surface area contributed by atoms with Crippen molar-refractivity contribution in [3.8, 4) is 11.5 Å². The summed E-state index contributed by atoms with van der Waals surface area (Å²) in [5.74, 6) is 1.71. The van der Waals surface area contributed by atoms with Crippen molar-refractivity contribution in [2.75, 3.05) is 6.79 Å². The molecular weight excluding hydrogens is 320 g/mol. The lowest BCUT2D eigenvalue weighted by molar-refractivity contribution is -0.124. The molecule has 0 unspecified atom stereocenters. The second kappa shape index (κ2) is 6.94. The largest absolute Gasteiger partial charge is 0.454 e. The van der Waals surface area contributed by atoms with Crippen LogP contribution in [0.3, 0.4) is 0 Å². The molecule has 1 aromatic rings. The van der Waals surface area contributed by atoms with Gasteiger partial charge >= 0.3 is 0 Å². The first kappa shape index (κ1) is 16.2. The Morgan fingerprint density at radius 1 is 1.08 bits per heavy atom. The van der Waals surface area contributed by atoms with Gasteiger partial charge in [-0.25, -0.2) is 0 Å². The van der Waals surface area contributed by atoms with E-state index in [1.54, 1.807) is 18.2 Å². The number of carbonyl (C=O) groups excluding carboxylic acids is 2. The predicted octanol–water partition coefficient (Wildman–Crippen LogP) is 2.37. The topological polar surface area (TPSA) is 76.7 Å². The van der Waals surface area contributed by atoms with Gasteiger partial charge in [0.15, 0.2) is 11.5 Å². The molecule has 2 heterocycles. The first-order valence-corrected chi connectivity index (χ1v) is 9.20. The summed E-state index contributed by atoms with van der Waals surface area (Å²) in [6.45, 7) is 0.193. The van der Waals surface area contributed by atoms with Gasteiger partial charge in [-0.1, -0.05) is 19.3 Å². The number of amides is 2. The normalized spacial score (nSPS) is 26.2. The molecule has 0 bridgehead atoms. The van der Waals surface area contributed by atoms with Crippen LogP contribution in [0.15, 0.2) is 18.2 Å². The van der Waals surface area contributed by atoms with Crippen LogP contribution >= 0.6 is 0 Å². The van der Waals surface area contributed by atoms with Crippen molar-refractivity contribution in [2.24, 2.45) is 5.92 Å². The lowest BCUT2D eigenvalue weighted by Crippen LogP contribution is -2.58. The summed E-state index contributed by atoms with van der Waals surface area (Å²) < 4.78 is 10.6.